The number of nitrogens with zero attached hydrogens (tertiary/aromatic N) is 4. The van der Waals surface area contributed by atoms with Gasteiger partial charge in [0.1, 0.15) is 12.2 Å². The zero-order valence-electron chi connectivity index (χ0n) is 11.5. The van der Waals surface area contributed by atoms with Gasteiger partial charge in [0.05, 0.1) is 17.8 Å². The number of benzene rings is 2. The number of hydrogen-bond acceptors (Lipinski definition) is 3. The van der Waals surface area contributed by atoms with Crippen molar-refractivity contribution in [2.75, 3.05) is 4.90 Å². The molecule has 108 valence electrons. The largest absolute Gasteiger partial charge is 0.283 e. The maximum Gasteiger partial charge on any atom is 0.239 e. The highest BCUT2D eigenvalue weighted by Gasteiger charge is 2.28. The van der Waals surface area contributed by atoms with Crippen LogP contribution in [0.5, 0.6) is 0 Å². The molecule has 2 aromatic carbocycles. The van der Waals surface area contributed by atoms with Crippen LogP contribution in [0.3, 0.4) is 0 Å². The summed E-state index contributed by atoms with van der Waals surface area (Å²) >= 11 is 6.15. The summed E-state index contributed by atoms with van der Waals surface area (Å²) in [7, 11) is 0. The molecule has 0 saturated carbocycles. The molecule has 3 aromatic rings. The number of carbonyl (C=O) groups is 1. The Hall–Kier alpha value is -2.66. The normalized spacial score (nSPS) is 13.5. The van der Waals surface area contributed by atoms with Gasteiger partial charge in [-0.15, -0.1) is 10.2 Å². The fraction of sp³-hybridized carbons (Fsp3) is 0.0625. The highest BCUT2D eigenvalue weighted by molar-refractivity contribution is 6.31. The molecule has 0 fully saturated rings. The third-order valence-electron chi connectivity index (χ3n) is 3.63. The fourth-order valence-corrected chi connectivity index (χ4v) is 2.84. The van der Waals surface area contributed by atoms with Crippen LogP contribution in [0, 0.1) is 0 Å². The van der Waals surface area contributed by atoms with E-state index in [0.717, 1.165) is 17.1 Å². The van der Waals surface area contributed by atoms with Crippen molar-refractivity contribution < 1.29 is 4.79 Å². The van der Waals surface area contributed by atoms with Gasteiger partial charge in [-0.3, -0.25) is 14.3 Å². The Morgan fingerprint density at radius 2 is 1.86 bits per heavy atom. The molecule has 0 bridgehead atoms. The lowest BCUT2D eigenvalue weighted by atomic mass is 10.2. The number of para-hydroxylation sites is 1. The third kappa shape index (κ3) is 1.98. The lowest BCUT2D eigenvalue weighted by Gasteiger charge is -2.23. The molecule has 5 nitrogen and oxygen atoms in total. The van der Waals surface area contributed by atoms with Crippen LogP contribution < -0.4 is 4.90 Å². The summed E-state index contributed by atoms with van der Waals surface area (Å²) in [4.78, 5) is 14.4. The molecule has 0 unspecified atom stereocenters. The molecule has 1 aliphatic rings. The van der Waals surface area contributed by atoms with Crippen LogP contribution in [0.2, 0.25) is 5.02 Å². The standard InChI is InChI=1S/C16H11ClN4O/c17-11-6-7-13-14(8-11)21(12-4-2-1-3-5-12)16(22)9-15-19-18-10-20(13)15/h1-8,10H,9H2. The average Bonchev–Trinajstić information content (AvgIpc) is 2.93. The highest BCUT2D eigenvalue weighted by Crippen LogP contribution is 2.36. The molecular weight excluding hydrogens is 300 g/mol. The van der Waals surface area contributed by atoms with Crippen molar-refractivity contribution in [1.29, 1.82) is 0 Å². The van der Waals surface area contributed by atoms with Crippen LogP contribution in [0.4, 0.5) is 11.4 Å². The molecule has 22 heavy (non-hydrogen) atoms. The number of rotatable bonds is 1. The number of aromatic nitrogens is 3. The van der Waals surface area contributed by atoms with Crippen LogP contribution in [-0.4, -0.2) is 20.7 Å². The number of hydrogen-bond donors (Lipinski definition) is 0. The van der Waals surface area contributed by atoms with E-state index in [9.17, 15) is 4.79 Å². The van der Waals surface area contributed by atoms with E-state index in [2.05, 4.69) is 10.2 Å². The Bertz CT molecular complexity index is 860. The monoisotopic (exact) mass is 310 g/mol. The van der Waals surface area contributed by atoms with Crippen molar-refractivity contribution in [3.05, 3.63) is 65.7 Å². The van der Waals surface area contributed by atoms with Gasteiger partial charge >= 0.3 is 0 Å². The van der Waals surface area contributed by atoms with E-state index in [1.165, 1.54) is 0 Å². The fourth-order valence-electron chi connectivity index (χ4n) is 2.67. The third-order valence-corrected chi connectivity index (χ3v) is 3.86. The molecule has 1 amide bonds. The van der Waals surface area contributed by atoms with Crippen LogP contribution in [0.15, 0.2) is 54.9 Å². The van der Waals surface area contributed by atoms with E-state index in [0.29, 0.717) is 10.8 Å². The van der Waals surface area contributed by atoms with Crippen molar-refractivity contribution in [1.82, 2.24) is 14.8 Å². The Morgan fingerprint density at radius 1 is 1.05 bits per heavy atom. The Kier molecular flexibility index (Phi) is 2.94. The van der Waals surface area contributed by atoms with Gasteiger partial charge in [0.15, 0.2) is 0 Å². The van der Waals surface area contributed by atoms with Gasteiger partial charge in [-0.25, -0.2) is 0 Å². The molecule has 0 spiro atoms. The van der Waals surface area contributed by atoms with Gasteiger partial charge in [0, 0.05) is 10.7 Å². The molecule has 2 heterocycles. The summed E-state index contributed by atoms with van der Waals surface area (Å²) in [5.41, 5.74) is 2.36. The topological polar surface area (TPSA) is 51.0 Å². The first-order valence-electron chi connectivity index (χ1n) is 6.81. The van der Waals surface area contributed by atoms with Crippen molar-refractivity contribution in [3.63, 3.8) is 0 Å². The number of anilines is 2. The first-order chi connectivity index (χ1) is 10.7. The zero-order chi connectivity index (χ0) is 15.1. The molecule has 1 aromatic heterocycles. The highest BCUT2D eigenvalue weighted by atomic mass is 35.5. The second kappa shape index (κ2) is 4.96. The molecule has 4 rings (SSSR count). The second-order valence-electron chi connectivity index (χ2n) is 4.99. The van der Waals surface area contributed by atoms with Crippen molar-refractivity contribution in [3.8, 4) is 5.69 Å². The van der Waals surface area contributed by atoms with E-state index in [1.807, 2.05) is 41.0 Å². The first kappa shape index (κ1) is 13.0. The van der Waals surface area contributed by atoms with Crippen molar-refractivity contribution >= 4 is 28.9 Å². The Labute approximate surface area is 131 Å². The molecule has 0 aliphatic carbocycles. The lowest BCUT2D eigenvalue weighted by Crippen LogP contribution is -2.26. The maximum atomic E-state index is 12.8. The van der Waals surface area contributed by atoms with Gasteiger partial charge in [0.25, 0.3) is 0 Å². The quantitative estimate of drug-likeness (QED) is 0.694. The van der Waals surface area contributed by atoms with Crippen LogP contribution in [-0.2, 0) is 11.2 Å². The number of carbonyl (C=O) groups excluding carboxylic acids is 1. The predicted molar refractivity (Wildman–Crippen MR) is 83.7 cm³/mol. The summed E-state index contributed by atoms with van der Waals surface area (Å²) in [6.07, 6.45) is 1.80. The zero-order valence-corrected chi connectivity index (χ0v) is 12.2. The van der Waals surface area contributed by atoms with Gasteiger partial charge in [-0.1, -0.05) is 29.8 Å². The van der Waals surface area contributed by atoms with Gasteiger partial charge in [-0.05, 0) is 30.3 Å². The molecule has 0 atom stereocenters. The van der Waals surface area contributed by atoms with Gasteiger partial charge in [0.2, 0.25) is 5.91 Å². The minimum atomic E-state index is -0.0681. The van der Waals surface area contributed by atoms with E-state index in [-0.39, 0.29) is 12.3 Å². The van der Waals surface area contributed by atoms with Crippen LogP contribution >= 0.6 is 11.6 Å². The Balaban J connectivity index is 2.00. The molecule has 1 aliphatic heterocycles. The molecular formula is C16H11ClN4O. The summed E-state index contributed by atoms with van der Waals surface area (Å²) in [6.45, 7) is 0. The summed E-state index contributed by atoms with van der Waals surface area (Å²) in [5, 5.41) is 8.53. The van der Waals surface area contributed by atoms with Gasteiger partial charge < -0.3 is 0 Å². The van der Waals surface area contributed by atoms with E-state index < -0.39 is 0 Å². The van der Waals surface area contributed by atoms with E-state index >= 15 is 0 Å². The smallest absolute Gasteiger partial charge is 0.239 e. The van der Waals surface area contributed by atoms with Crippen LogP contribution in [0.1, 0.15) is 5.82 Å². The van der Waals surface area contributed by atoms with E-state index in [4.69, 9.17) is 11.6 Å². The van der Waals surface area contributed by atoms with Crippen LogP contribution in [0.25, 0.3) is 5.69 Å². The minimum absolute atomic E-state index is 0.0681. The number of halogens is 1. The Morgan fingerprint density at radius 3 is 2.68 bits per heavy atom. The van der Waals surface area contributed by atoms with E-state index in [1.54, 1.807) is 23.4 Å². The van der Waals surface area contributed by atoms with Gasteiger partial charge in [-0.2, -0.15) is 0 Å². The predicted octanol–water partition coefficient (Wildman–Crippen LogP) is 3.14. The average molecular weight is 311 g/mol. The maximum absolute atomic E-state index is 12.8. The lowest BCUT2D eigenvalue weighted by molar-refractivity contribution is -0.117. The number of fused-ring (bicyclic) bond motifs is 3. The SMILES string of the molecule is O=C1Cc2nncn2-c2ccc(Cl)cc2N1c1ccccc1. The molecule has 0 N–H and O–H groups in total. The van der Waals surface area contributed by atoms with Crippen molar-refractivity contribution in [2.24, 2.45) is 0 Å². The van der Waals surface area contributed by atoms with Crippen molar-refractivity contribution in [2.45, 2.75) is 6.42 Å². The molecule has 6 heteroatoms. The minimum Gasteiger partial charge on any atom is -0.283 e. The summed E-state index contributed by atoms with van der Waals surface area (Å²) < 4.78 is 1.83. The molecule has 0 radical (unpaired) electrons. The number of amides is 1. The summed E-state index contributed by atoms with van der Waals surface area (Å²) in [5.74, 6) is 0.550. The first-order valence-corrected chi connectivity index (χ1v) is 7.18. The second-order valence-corrected chi connectivity index (χ2v) is 5.43. The summed E-state index contributed by atoms with van der Waals surface area (Å²) in [6, 6.07) is 15.0. The molecule has 0 saturated heterocycles.